The summed E-state index contributed by atoms with van der Waals surface area (Å²) in [6.07, 6.45) is 38.5. The first-order chi connectivity index (χ1) is 28.8. The minimum Gasteiger partial charge on any atom is -0.462 e. The summed E-state index contributed by atoms with van der Waals surface area (Å²) in [4.78, 5) is 52.7. The van der Waals surface area contributed by atoms with E-state index in [1.807, 2.05) is 12.2 Å². The van der Waals surface area contributed by atoms with Crippen molar-refractivity contribution in [2.45, 2.75) is 192 Å². The Hall–Kier alpha value is -1.96. The van der Waals surface area contributed by atoms with Gasteiger partial charge in [0.05, 0.1) is 32.0 Å². The Morgan fingerprint density at radius 1 is 0.567 bits per heavy atom. The van der Waals surface area contributed by atoms with Crippen LogP contribution in [0.3, 0.4) is 0 Å². The van der Waals surface area contributed by atoms with Gasteiger partial charge in [-0.3, -0.25) is 23.2 Å². The number of unbranched alkanes of at least 4 members (excludes halogenated alkanes) is 15. The molecule has 0 bridgehead atoms. The summed E-state index contributed by atoms with van der Waals surface area (Å²) in [5.41, 5.74) is 0. The third-order valence-electron chi connectivity index (χ3n) is 9.58. The molecule has 0 aliphatic carbocycles. The maximum Gasteiger partial charge on any atom is 0.472 e. The molecule has 1 aliphatic heterocycles. The van der Waals surface area contributed by atoms with Crippen LogP contribution in [0.5, 0.6) is 0 Å². The largest absolute Gasteiger partial charge is 0.472 e. The lowest BCUT2D eigenvalue weighted by Crippen LogP contribution is -2.29. The van der Waals surface area contributed by atoms with Crippen LogP contribution < -0.4 is 0 Å². The smallest absolute Gasteiger partial charge is 0.462 e. The molecule has 4 N–H and O–H groups in total. The standard InChI is InChI=1S/C44H78O14P2/c1-3-5-7-9-11-12-13-14-15-16-17-18-21-25-29-33-43(46)53-37-40(38-56-60(51,52)55-36-39(45)35-54-59(48,49)50)57-44(47)34-30-26-22-19-20-24-28-32-42-41(58-42)31-27-23-10-8-6-4-2/h14-15,19,22-24,27-28,39-42,45H,3-13,16-18,20-21,25-26,29-38H2,1-2H3,(H,51,52)(H2,48,49,50)/b15-14-,22-19-,27-23-,28-24-/t39-,40+,41?,42?/m0/s1. The molecule has 0 aromatic heterocycles. The Bertz CT molecular complexity index is 1310. The molecule has 3 unspecified atom stereocenters. The molecule has 5 atom stereocenters. The summed E-state index contributed by atoms with van der Waals surface area (Å²) in [5.74, 6) is -1.11. The SMILES string of the molecule is CCCCC/C=C\CC1OC1C/C=C\C/C=C\CCCC(=O)O[C@H](COC(=O)CCCCCCC/C=C\CCCCCCCC)COP(=O)(O)OC[C@@H](O)COP(=O)(O)O. The van der Waals surface area contributed by atoms with Gasteiger partial charge in [0, 0.05) is 12.8 Å². The number of ether oxygens (including phenoxy) is 3. The lowest BCUT2D eigenvalue weighted by Gasteiger charge is -2.20. The first-order valence-electron chi connectivity index (χ1n) is 22.5. The first-order valence-corrected chi connectivity index (χ1v) is 25.5. The van der Waals surface area contributed by atoms with Crippen molar-refractivity contribution in [2.24, 2.45) is 0 Å². The Balaban J connectivity index is 2.40. The van der Waals surface area contributed by atoms with Crippen LogP contribution in [0.15, 0.2) is 48.6 Å². The monoisotopic (exact) mass is 892 g/mol. The fourth-order valence-electron chi connectivity index (χ4n) is 6.02. The molecule has 0 spiro atoms. The Morgan fingerprint density at radius 2 is 1.03 bits per heavy atom. The van der Waals surface area contributed by atoms with Crippen molar-refractivity contribution in [3.8, 4) is 0 Å². The van der Waals surface area contributed by atoms with E-state index in [4.69, 9.17) is 28.5 Å². The van der Waals surface area contributed by atoms with Crippen molar-refractivity contribution in [1.29, 1.82) is 0 Å². The van der Waals surface area contributed by atoms with Crippen molar-refractivity contribution in [3.63, 3.8) is 0 Å². The maximum absolute atomic E-state index is 12.7. The molecule has 1 saturated heterocycles. The summed E-state index contributed by atoms with van der Waals surface area (Å²) < 4.78 is 53.5. The number of aliphatic hydroxyl groups is 1. The molecular weight excluding hydrogens is 814 g/mol. The highest BCUT2D eigenvalue weighted by Crippen LogP contribution is 2.44. The molecule has 0 aromatic rings. The van der Waals surface area contributed by atoms with Crippen molar-refractivity contribution < 1.29 is 66.3 Å². The average molecular weight is 893 g/mol. The van der Waals surface area contributed by atoms with Gasteiger partial charge in [-0.1, -0.05) is 127 Å². The number of phosphoric ester groups is 2. The van der Waals surface area contributed by atoms with E-state index in [1.54, 1.807) is 0 Å². The lowest BCUT2D eigenvalue weighted by molar-refractivity contribution is -0.161. The molecule has 1 aliphatic rings. The van der Waals surface area contributed by atoms with Gasteiger partial charge >= 0.3 is 27.6 Å². The number of esters is 2. The van der Waals surface area contributed by atoms with Crippen LogP contribution in [-0.4, -0.2) is 82.6 Å². The summed E-state index contributed by atoms with van der Waals surface area (Å²) in [6.45, 7) is 1.65. The molecule has 1 heterocycles. The number of carbonyl (C=O) groups excluding carboxylic acids is 2. The van der Waals surface area contributed by atoms with E-state index in [0.29, 0.717) is 31.5 Å². The summed E-state index contributed by atoms with van der Waals surface area (Å²) in [5, 5.41) is 9.75. The highest BCUT2D eigenvalue weighted by Gasteiger charge is 2.36. The molecule has 0 saturated carbocycles. The Labute approximate surface area is 360 Å². The van der Waals surface area contributed by atoms with Crippen LogP contribution >= 0.6 is 15.6 Å². The summed E-state index contributed by atoms with van der Waals surface area (Å²) >= 11 is 0. The second-order valence-corrected chi connectivity index (χ2v) is 18.0. The molecule has 0 aromatic carbocycles. The summed E-state index contributed by atoms with van der Waals surface area (Å²) in [7, 11) is -9.70. The van der Waals surface area contributed by atoms with Crippen LogP contribution in [0.25, 0.3) is 0 Å². The van der Waals surface area contributed by atoms with Gasteiger partial charge in [-0.25, -0.2) is 9.13 Å². The van der Waals surface area contributed by atoms with Gasteiger partial charge in [-0.2, -0.15) is 0 Å². The van der Waals surface area contributed by atoms with E-state index in [2.05, 4.69) is 59.4 Å². The number of hydrogen-bond acceptors (Lipinski definition) is 11. The zero-order chi connectivity index (χ0) is 44.2. The highest BCUT2D eigenvalue weighted by molar-refractivity contribution is 7.47. The van der Waals surface area contributed by atoms with Crippen LogP contribution in [0.2, 0.25) is 0 Å². The predicted molar refractivity (Wildman–Crippen MR) is 234 cm³/mol. The third-order valence-corrected chi connectivity index (χ3v) is 11.0. The van der Waals surface area contributed by atoms with E-state index in [-0.39, 0.29) is 12.8 Å². The van der Waals surface area contributed by atoms with Crippen LogP contribution in [0.1, 0.15) is 168 Å². The van der Waals surface area contributed by atoms with E-state index < -0.39 is 66.2 Å². The van der Waals surface area contributed by atoms with Gasteiger partial charge in [0.15, 0.2) is 6.10 Å². The number of carbonyl (C=O) groups is 2. The minimum atomic E-state index is -4.87. The number of rotatable bonds is 41. The lowest BCUT2D eigenvalue weighted by atomic mass is 10.1. The van der Waals surface area contributed by atoms with Crippen LogP contribution in [0, 0.1) is 0 Å². The zero-order valence-corrected chi connectivity index (χ0v) is 38.3. The second-order valence-electron chi connectivity index (χ2n) is 15.4. The van der Waals surface area contributed by atoms with Crippen molar-refractivity contribution in [1.82, 2.24) is 0 Å². The van der Waals surface area contributed by atoms with Gasteiger partial charge in [0.25, 0.3) is 0 Å². The maximum atomic E-state index is 12.7. The molecule has 14 nitrogen and oxygen atoms in total. The predicted octanol–water partition coefficient (Wildman–Crippen LogP) is 10.4. The fourth-order valence-corrected chi connectivity index (χ4v) is 7.18. The van der Waals surface area contributed by atoms with Gasteiger partial charge < -0.3 is 34.0 Å². The van der Waals surface area contributed by atoms with Gasteiger partial charge in [0.1, 0.15) is 12.7 Å². The van der Waals surface area contributed by atoms with Crippen molar-refractivity contribution in [3.05, 3.63) is 48.6 Å². The molecule has 0 radical (unpaired) electrons. The Kier molecular flexibility index (Phi) is 34.1. The van der Waals surface area contributed by atoms with Crippen LogP contribution in [0.4, 0.5) is 0 Å². The van der Waals surface area contributed by atoms with Crippen LogP contribution in [-0.2, 0) is 46.5 Å². The first kappa shape index (κ1) is 56.1. The topological polar surface area (TPSA) is 208 Å². The summed E-state index contributed by atoms with van der Waals surface area (Å²) in [6, 6.07) is 0. The number of epoxide rings is 1. The van der Waals surface area contributed by atoms with E-state index in [0.717, 1.165) is 64.2 Å². The molecule has 0 amide bonds. The number of phosphoric acid groups is 2. The highest BCUT2D eigenvalue weighted by atomic mass is 31.2. The minimum absolute atomic E-state index is 0.0477. The average Bonchev–Trinajstić information content (AvgIpc) is 3.96. The third kappa shape index (κ3) is 36.7. The van der Waals surface area contributed by atoms with Crippen molar-refractivity contribution >= 4 is 27.6 Å². The van der Waals surface area contributed by atoms with E-state index >= 15 is 0 Å². The molecule has 60 heavy (non-hydrogen) atoms. The zero-order valence-electron chi connectivity index (χ0n) is 36.5. The normalized spacial score (nSPS) is 17.8. The van der Waals surface area contributed by atoms with Gasteiger partial charge in [-0.05, 0) is 77.0 Å². The van der Waals surface area contributed by atoms with Gasteiger partial charge in [0.2, 0.25) is 0 Å². The Morgan fingerprint density at radius 3 is 1.68 bits per heavy atom. The number of allylic oxidation sites excluding steroid dienone is 6. The molecule has 1 rings (SSSR count). The molecule has 348 valence electrons. The molecular formula is C44H78O14P2. The molecule has 16 heteroatoms. The second kappa shape index (κ2) is 36.5. The van der Waals surface area contributed by atoms with Gasteiger partial charge in [-0.15, -0.1) is 0 Å². The number of hydrogen-bond donors (Lipinski definition) is 4. The van der Waals surface area contributed by atoms with E-state index in [9.17, 15) is 28.7 Å². The molecule has 1 fully saturated rings. The van der Waals surface area contributed by atoms with Crippen molar-refractivity contribution in [2.75, 3.05) is 26.4 Å². The fraction of sp³-hybridized carbons (Fsp3) is 0.773. The number of aliphatic hydroxyl groups excluding tert-OH is 1. The van der Waals surface area contributed by atoms with E-state index in [1.165, 1.54) is 57.8 Å². The quantitative estimate of drug-likeness (QED) is 0.0148.